The SMILES string of the molecule is COc1ccc(N=C2SC(CC(=O)Nc3ccc(OC)cc3)C(=O)N2C)cc1. The lowest BCUT2D eigenvalue weighted by Gasteiger charge is -2.09. The summed E-state index contributed by atoms with van der Waals surface area (Å²) in [5.74, 6) is 1.08. The smallest absolute Gasteiger partial charge is 0.242 e. The number of ether oxygens (including phenoxy) is 2. The number of hydrogen-bond acceptors (Lipinski definition) is 6. The van der Waals surface area contributed by atoms with Crippen LogP contribution in [0, 0.1) is 0 Å². The number of nitrogens with one attached hydrogen (secondary N) is 1. The Kier molecular flexibility index (Phi) is 6.20. The van der Waals surface area contributed by atoms with Crippen molar-refractivity contribution in [2.75, 3.05) is 26.6 Å². The molecule has 0 bridgehead atoms. The Balaban J connectivity index is 1.63. The fourth-order valence-electron chi connectivity index (χ4n) is 2.62. The molecule has 1 aliphatic heterocycles. The van der Waals surface area contributed by atoms with Gasteiger partial charge in [0.2, 0.25) is 11.8 Å². The van der Waals surface area contributed by atoms with Crippen molar-refractivity contribution in [3.05, 3.63) is 48.5 Å². The van der Waals surface area contributed by atoms with Gasteiger partial charge in [0.05, 0.1) is 19.9 Å². The minimum absolute atomic E-state index is 0.0709. The van der Waals surface area contributed by atoms with Gasteiger partial charge in [-0.3, -0.25) is 14.5 Å². The molecule has 8 heteroatoms. The van der Waals surface area contributed by atoms with Gasteiger partial charge in [-0.25, -0.2) is 4.99 Å². The number of thioether (sulfide) groups is 1. The van der Waals surface area contributed by atoms with Gasteiger partial charge in [0.15, 0.2) is 5.17 Å². The predicted molar refractivity (Wildman–Crippen MR) is 110 cm³/mol. The highest BCUT2D eigenvalue weighted by Gasteiger charge is 2.37. The van der Waals surface area contributed by atoms with Crippen LogP contribution in [0.1, 0.15) is 6.42 Å². The Morgan fingerprint density at radius 3 is 2.21 bits per heavy atom. The second-order valence-electron chi connectivity index (χ2n) is 6.08. The molecule has 0 saturated carbocycles. The maximum atomic E-state index is 12.5. The molecule has 2 amide bonds. The molecule has 1 unspecified atom stereocenters. The third-order valence-corrected chi connectivity index (χ3v) is 5.41. The summed E-state index contributed by atoms with van der Waals surface area (Å²) < 4.78 is 10.2. The van der Waals surface area contributed by atoms with Crippen LogP contribution < -0.4 is 14.8 Å². The number of amidine groups is 1. The van der Waals surface area contributed by atoms with Crippen LogP contribution in [-0.2, 0) is 9.59 Å². The molecule has 1 N–H and O–H groups in total. The molecule has 1 aliphatic rings. The van der Waals surface area contributed by atoms with Crippen molar-refractivity contribution in [2.45, 2.75) is 11.7 Å². The minimum Gasteiger partial charge on any atom is -0.497 e. The molecule has 0 aliphatic carbocycles. The van der Waals surface area contributed by atoms with Crippen molar-refractivity contribution in [2.24, 2.45) is 4.99 Å². The van der Waals surface area contributed by atoms with Crippen LogP contribution in [0.3, 0.4) is 0 Å². The Morgan fingerprint density at radius 1 is 1.07 bits per heavy atom. The summed E-state index contributed by atoms with van der Waals surface area (Å²) in [6.07, 6.45) is 0.0709. The number of rotatable bonds is 6. The van der Waals surface area contributed by atoms with Crippen LogP contribution in [0.25, 0.3) is 0 Å². The number of anilines is 1. The lowest BCUT2D eigenvalue weighted by molar-refractivity contribution is -0.127. The zero-order valence-corrected chi connectivity index (χ0v) is 16.7. The maximum absolute atomic E-state index is 12.5. The molecule has 2 aromatic rings. The second kappa shape index (κ2) is 8.79. The number of carbonyl (C=O) groups is 2. The fourth-order valence-corrected chi connectivity index (χ4v) is 3.77. The molecule has 3 rings (SSSR count). The van der Waals surface area contributed by atoms with Gasteiger partial charge >= 0.3 is 0 Å². The van der Waals surface area contributed by atoms with Crippen molar-refractivity contribution < 1.29 is 19.1 Å². The molecule has 1 saturated heterocycles. The van der Waals surface area contributed by atoms with E-state index in [2.05, 4.69) is 10.3 Å². The Labute approximate surface area is 167 Å². The van der Waals surface area contributed by atoms with Crippen LogP contribution in [0.15, 0.2) is 53.5 Å². The summed E-state index contributed by atoms with van der Waals surface area (Å²) in [6, 6.07) is 14.3. The molecule has 0 radical (unpaired) electrons. The van der Waals surface area contributed by atoms with E-state index in [1.165, 1.54) is 16.7 Å². The summed E-state index contributed by atoms with van der Waals surface area (Å²) >= 11 is 1.29. The summed E-state index contributed by atoms with van der Waals surface area (Å²) in [6.45, 7) is 0. The number of aliphatic imine (C=N–C) groups is 1. The molecule has 146 valence electrons. The summed E-state index contributed by atoms with van der Waals surface area (Å²) in [7, 11) is 4.85. The van der Waals surface area contributed by atoms with Gasteiger partial charge in [-0.05, 0) is 48.5 Å². The van der Waals surface area contributed by atoms with Gasteiger partial charge in [-0.15, -0.1) is 0 Å². The average molecular weight is 399 g/mol. The van der Waals surface area contributed by atoms with Crippen LogP contribution in [0.5, 0.6) is 11.5 Å². The monoisotopic (exact) mass is 399 g/mol. The second-order valence-corrected chi connectivity index (χ2v) is 7.25. The van der Waals surface area contributed by atoms with Gasteiger partial charge in [0.1, 0.15) is 16.7 Å². The van der Waals surface area contributed by atoms with E-state index >= 15 is 0 Å². The molecule has 28 heavy (non-hydrogen) atoms. The Morgan fingerprint density at radius 2 is 1.64 bits per heavy atom. The first-order valence-corrected chi connectivity index (χ1v) is 9.49. The van der Waals surface area contributed by atoms with E-state index in [1.54, 1.807) is 57.7 Å². The van der Waals surface area contributed by atoms with Gasteiger partial charge in [-0.1, -0.05) is 11.8 Å². The zero-order chi connectivity index (χ0) is 20.1. The summed E-state index contributed by atoms with van der Waals surface area (Å²) in [4.78, 5) is 30.8. The van der Waals surface area contributed by atoms with E-state index in [9.17, 15) is 9.59 Å². The minimum atomic E-state index is -0.500. The molecule has 0 spiro atoms. The number of benzene rings is 2. The van der Waals surface area contributed by atoms with E-state index < -0.39 is 5.25 Å². The first-order valence-electron chi connectivity index (χ1n) is 8.61. The highest BCUT2D eigenvalue weighted by atomic mass is 32.2. The van der Waals surface area contributed by atoms with E-state index in [-0.39, 0.29) is 18.2 Å². The summed E-state index contributed by atoms with van der Waals surface area (Å²) in [5.41, 5.74) is 1.37. The predicted octanol–water partition coefficient (Wildman–Crippen LogP) is 3.29. The topological polar surface area (TPSA) is 80.2 Å². The largest absolute Gasteiger partial charge is 0.497 e. The third-order valence-electron chi connectivity index (χ3n) is 4.18. The fraction of sp³-hybridized carbons (Fsp3) is 0.250. The van der Waals surface area contributed by atoms with E-state index in [4.69, 9.17) is 9.47 Å². The standard InChI is InChI=1S/C20H21N3O4S/c1-23-19(25)17(12-18(24)21-13-4-8-15(26-2)9-5-13)28-20(23)22-14-6-10-16(27-3)11-7-14/h4-11,17H,12H2,1-3H3,(H,21,24). The Hall–Kier alpha value is -3.00. The Bertz CT molecular complexity index is 881. The van der Waals surface area contributed by atoms with Crippen LogP contribution in [0.4, 0.5) is 11.4 Å². The number of methoxy groups -OCH3 is 2. The molecule has 0 aromatic heterocycles. The van der Waals surface area contributed by atoms with Crippen molar-refractivity contribution >= 4 is 40.1 Å². The first-order chi connectivity index (χ1) is 13.5. The van der Waals surface area contributed by atoms with Crippen molar-refractivity contribution in [3.63, 3.8) is 0 Å². The van der Waals surface area contributed by atoms with Crippen molar-refractivity contribution in [3.8, 4) is 11.5 Å². The van der Waals surface area contributed by atoms with Crippen molar-refractivity contribution in [1.82, 2.24) is 4.90 Å². The highest BCUT2D eigenvalue weighted by Crippen LogP contribution is 2.31. The first kappa shape index (κ1) is 19.8. The van der Waals surface area contributed by atoms with E-state index in [0.29, 0.717) is 22.3 Å². The molecule has 7 nitrogen and oxygen atoms in total. The van der Waals surface area contributed by atoms with Crippen molar-refractivity contribution in [1.29, 1.82) is 0 Å². The average Bonchev–Trinajstić information content (AvgIpc) is 2.97. The molecule has 1 atom stereocenters. The van der Waals surface area contributed by atoms with Gasteiger partial charge in [0.25, 0.3) is 0 Å². The quantitative estimate of drug-likeness (QED) is 0.806. The number of hydrogen-bond donors (Lipinski definition) is 1. The summed E-state index contributed by atoms with van der Waals surface area (Å²) in [5, 5.41) is 2.87. The van der Waals surface area contributed by atoms with E-state index in [1.807, 2.05) is 12.1 Å². The highest BCUT2D eigenvalue weighted by molar-refractivity contribution is 8.15. The van der Waals surface area contributed by atoms with Crippen LogP contribution in [-0.4, -0.2) is 48.4 Å². The number of carbonyl (C=O) groups excluding carboxylic acids is 2. The molecule has 1 fully saturated rings. The van der Waals surface area contributed by atoms with Crippen LogP contribution >= 0.6 is 11.8 Å². The van der Waals surface area contributed by atoms with Gasteiger partial charge in [-0.2, -0.15) is 0 Å². The molecule has 2 aromatic carbocycles. The number of amides is 2. The van der Waals surface area contributed by atoms with Gasteiger partial charge < -0.3 is 14.8 Å². The number of nitrogens with zero attached hydrogens (tertiary/aromatic N) is 2. The third kappa shape index (κ3) is 4.64. The van der Waals surface area contributed by atoms with Gasteiger partial charge in [0, 0.05) is 19.2 Å². The maximum Gasteiger partial charge on any atom is 0.242 e. The normalized spacial score (nSPS) is 17.7. The lowest BCUT2D eigenvalue weighted by atomic mass is 10.2. The molecule has 1 heterocycles. The van der Waals surface area contributed by atoms with E-state index in [0.717, 1.165) is 5.75 Å². The molecular formula is C20H21N3O4S. The van der Waals surface area contributed by atoms with Crippen LogP contribution in [0.2, 0.25) is 0 Å². The zero-order valence-electron chi connectivity index (χ0n) is 15.8. The lowest BCUT2D eigenvalue weighted by Crippen LogP contribution is -2.30. The molecular weight excluding hydrogens is 378 g/mol.